The fourth-order valence-corrected chi connectivity index (χ4v) is 4.10. The summed E-state index contributed by atoms with van der Waals surface area (Å²) in [6, 6.07) is 12.8. The first-order valence-electron chi connectivity index (χ1n) is 8.95. The zero-order chi connectivity index (χ0) is 16.6. The summed E-state index contributed by atoms with van der Waals surface area (Å²) in [7, 11) is 0. The van der Waals surface area contributed by atoms with Crippen molar-refractivity contribution >= 4 is 21.9 Å². The van der Waals surface area contributed by atoms with Crippen LogP contribution >= 0.6 is 0 Å². The largest absolute Gasteiger partial charge is 0.346 e. The molecule has 0 bridgehead atoms. The van der Waals surface area contributed by atoms with E-state index in [9.17, 15) is 0 Å². The summed E-state index contributed by atoms with van der Waals surface area (Å²) in [6.45, 7) is 3.23. The number of nitrogens with zero attached hydrogens (tertiary/aromatic N) is 3. The van der Waals surface area contributed by atoms with E-state index in [4.69, 9.17) is 0 Å². The molecule has 5 heteroatoms. The van der Waals surface area contributed by atoms with Crippen molar-refractivity contribution < 1.29 is 0 Å². The van der Waals surface area contributed by atoms with Crippen LogP contribution in [0.1, 0.15) is 30.0 Å². The number of aromatic amines is 2. The third kappa shape index (κ3) is 2.61. The first kappa shape index (κ1) is 14.7. The van der Waals surface area contributed by atoms with Crippen molar-refractivity contribution in [2.24, 2.45) is 0 Å². The lowest BCUT2D eigenvalue weighted by Gasteiger charge is -2.32. The van der Waals surface area contributed by atoms with Crippen LogP contribution in [0.25, 0.3) is 21.9 Å². The van der Waals surface area contributed by atoms with Crippen molar-refractivity contribution in [1.29, 1.82) is 0 Å². The molecule has 126 valence electrons. The summed E-state index contributed by atoms with van der Waals surface area (Å²) >= 11 is 0. The number of rotatable bonds is 3. The third-order valence-corrected chi connectivity index (χ3v) is 5.28. The van der Waals surface area contributed by atoms with Crippen LogP contribution < -0.4 is 0 Å². The molecule has 3 aromatic heterocycles. The highest BCUT2D eigenvalue weighted by atomic mass is 15.2. The van der Waals surface area contributed by atoms with E-state index in [0.29, 0.717) is 5.92 Å². The average molecular weight is 331 g/mol. The summed E-state index contributed by atoms with van der Waals surface area (Å²) < 4.78 is 0. The Morgan fingerprint density at radius 1 is 1.16 bits per heavy atom. The second-order valence-corrected chi connectivity index (χ2v) is 6.96. The van der Waals surface area contributed by atoms with Gasteiger partial charge in [0.15, 0.2) is 0 Å². The molecular formula is C20H21N5. The molecule has 1 unspecified atom stereocenters. The molecule has 1 aliphatic rings. The van der Waals surface area contributed by atoms with Crippen LogP contribution in [0.3, 0.4) is 0 Å². The average Bonchev–Trinajstić information content (AvgIpc) is 3.29. The minimum atomic E-state index is 0.465. The zero-order valence-corrected chi connectivity index (χ0v) is 14.1. The molecule has 1 atom stereocenters. The maximum absolute atomic E-state index is 4.68. The smallest absolute Gasteiger partial charge is 0.138 e. The Morgan fingerprint density at radius 2 is 2.08 bits per heavy atom. The summed E-state index contributed by atoms with van der Waals surface area (Å²) in [6.07, 6.45) is 6.25. The Balaban J connectivity index is 1.46. The van der Waals surface area contributed by atoms with Gasteiger partial charge in [0.2, 0.25) is 0 Å². The van der Waals surface area contributed by atoms with Crippen LogP contribution in [0.2, 0.25) is 0 Å². The summed E-state index contributed by atoms with van der Waals surface area (Å²) in [5.74, 6) is 0.465. The molecule has 0 radical (unpaired) electrons. The van der Waals surface area contributed by atoms with Gasteiger partial charge in [0.1, 0.15) is 5.65 Å². The molecule has 0 saturated carbocycles. The van der Waals surface area contributed by atoms with Gasteiger partial charge in [0, 0.05) is 36.0 Å². The van der Waals surface area contributed by atoms with E-state index in [1.54, 1.807) is 0 Å². The number of likely N-dealkylation sites (tertiary alicyclic amines) is 1. The van der Waals surface area contributed by atoms with Crippen molar-refractivity contribution in [2.45, 2.75) is 25.3 Å². The van der Waals surface area contributed by atoms with E-state index in [0.717, 1.165) is 30.8 Å². The first-order valence-corrected chi connectivity index (χ1v) is 8.95. The van der Waals surface area contributed by atoms with Gasteiger partial charge in [-0.25, -0.2) is 4.98 Å². The molecule has 1 aromatic carbocycles. The number of hydrogen-bond acceptors (Lipinski definition) is 3. The van der Waals surface area contributed by atoms with Gasteiger partial charge in [-0.1, -0.05) is 30.3 Å². The Kier molecular flexibility index (Phi) is 3.52. The van der Waals surface area contributed by atoms with Crippen LogP contribution in [0.4, 0.5) is 0 Å². The number of fused-ring (bicyclic) bond motifs is 3. The van der Waals surface area contributed by atoms with E-state index in [1.165, 1.54) is 34.9 Å². The topological polar surface area (TPSA) is 60.6 Å². The number of pyridine rings is 1. The van der Waals surface area contributed by atoms with Gasteiger partial charge in [-0.3, -0.25) is 10.00 Å². The van der Waals surface area contributed by atoms with E-state index in [-0.39, 0.29) is 0 Å². The molecule has 2 N–H and O–H groups in total. The third-order valence-electron chi connectivity index (χ3n) is 5.28. The van der Waals surface area contributed by atoms with E-state index >= 15 is 0 Å². The summed E-state index contributed by atoms with van der Waals surface area (Å²) in [5, 5.41) is 10.3. The lowest BCUT2D eigenvalue weighted by Crippen LogP contribution is -2.34. The number of benzene rings is 1. The molecule has 1 aliphatic heterocycles. The normalized spacial score (nSPS) is 19.0. The van der Waals surface area contributed by atoms with Crippen LogP contribution in [-0.4, -0.2) is 38.2 Å². The van der Waals surface area contributed by atoms with Gasteiger partial charge in [-0.05, 0) is 31.0 Å². The number of piperidine rings is 1. The van der Waals surface area contributed by atoms with Crippen LogP contribution in [0, 0.1) is 0 Å². The molecule has 0 aliphatic carbocycles. The van der Waals surface area contributed by atoms with Gasteiger partial charge in [-0.15, -0.1) is 0 Å². The molecule has 5 rings (SSSR count). The predicted octanol–water partition coefficient (Wildman–Crippen LogP) is 3.82. The fraction of sp³-hybridized carbons (Fsp3) is 0.300. The highest BCUT2D eigenvalue weighted by Gasteiger charge is 2.26. The van der Waals surface area contributed by atoms with Gasteiger partial charge in [-0.2, -0.15) is 5.10 Å². The standard InChI is InChI=1S/C20H21N5/c1-2-5-14(6-3-1)12-25-10-4-7-15(13-25)19-18-16-8-9-21-20(16)22-11-17(18)23-24-19/h1-3,5-6,8-9,11,15H,4,7,10,12-13H2,(H,21,22)(H,23,24). The van der Waals surface area contributed by atoms with Crippen LogP contribution in [0.5, 0.6) is 0 Å². The Labute approximate surface area is 146 Å². The van der Waals surface area contributed by atoms with Crippen molar-refractivity contribution in [3.8, 4) is 0 Å². The van der Waals surface area contributed by atoms with E-state index in [2.05, 4.69) is 61.5 Å². The minimum Gasteiger partial charge on any atom is -0.346 e. The first-order chi connectivity index (χ1) is 12.4. The minimum absolute atomic E-state index is 0.465. The van der Waals surface area contributed by atoms with Crippen molar-refractivity contribution in [3.05, 3.63) is 60.0 Å². The Bertz CT molecular complexity index is 1000. The quantitative estimate of drug-likeness (QED) is 0.600. The summed E-state index contributed by atoms with van der Waals surface area (Å²) in [4.78, 5) is 10.2. The molecular weight excluding hydrogens is 310 g/mol. The van der Waals surface area contributed by atoms with Gasteiger partial charge >= 0.3 is 0 Å². The fourth-order valence-electron chi connectivity index (χ4n) is 4.10. The van der Waals surface area contributed by atoms with Crippen molar-refractivity contribution in [1.82, 2.24) is 25.1 Å². The molecule has 1 fully saturated rings. The van der Waals surface area contributed by atoms with Gasteiger partial charge in [0.05, 0.1) is 17.4 Å². The predicted molar refractivity (Wildman–Crippen MR) is 99.4 cm³/mol. The lowest BCUT2D eigenvalue weighted by atomic mass is 9.92. The SMILES string of the molecule is c1ccc(CN2CCCC(c3n[nH]c4cnc5[nH]ccc5c34)C2)cc1. The highest BCUT2D eigenvalue weighted by molar-refractivity contribution is 6.04. The number of aromatic nitrogens is 4. The second kappa shape index (κ2) is 6.01. The molecule has 1 saturated heterocycles. The maximum atomic E-state index is 4.68. The van der Waals surface area contributed by atoms with Crippen LogP contribution in [-0.2, 0) is 6.54 Å². The number of H-pyrrole nitrogens is 2. The molecule has 0 spiro atoms. The molecule has 4 heterocycles. The van der Waals surface area contributed by atoms with Gasteiger partial charge in [0.25, 0.3) is 0 Å². The Morgan fingerprint density at radius 3 is 3.00 bits per heavy atom. The summed E-state index contributed by atoms with van der Waals surface area (Å²) in [5.41, 5.74) is 4.54. The molecule has 5 nitrogen and oxygen atoms in total. The van der Waals surface area contributed by atoms with Crippen molar-refractivity contribution in [2.75, 3.05) is 13.1 Å². The maximum Gasteiger partial charge on any atom is 0.138 e. The number of hydrogen-bond donors (Lipinski definition) is 2. The van der Waals surface area contributed by atoms with E-state index < -0.39 is 0 Å². The highest BCUT2D eigenvalue weighted by Crippen LogP contribution is 2.34. The van der Waals surface area contributed by atoms with E-state index in [1.807, 2.05) is 12.4 Å². The second-order valence-electron chi connectivity index (χ2n) is 6.96. The van der Waals surface area contributed by atoms with Crippen molar-refractivity contribution in [3.63, 3.8) is 0 Å². The number of nitrogens with one attached hydrogen (secondary N) is 2. The monoisotopic (exact) mass is 331 g/mol. The van der Waals surface area contributed by atoms with Gasteiger partial charge < -0.3 is 4.98 Å². The molecule has 0 amide bonds. The Hall–Kier alpha value is -2.66. The lowest BCUT2D eigenvalue weighted by molar-refractivity contribution is 0.199. The zero-order valence-electron chi connectivity index (χ0n) is 14.1. The van der Waals surface area contributed by atoms with Crippen LogP contribution in [0.15, 0.2) is 48.8 Å². The molecule has 4 aromatic rings. The molecule has 25 heavy (non-hydrogen) atoms.